The number of benzene rings is 2. The number of carbonyl (C=O) groups is 1. The van der Waals surface area contributed by atoms with Gasteiger partial charge in [0.25, 0.3) is 5.91 Å². The SMILES string of the molecule is Cc1ccc(S(=O)(=O)NC2CCN(C(=O)c3cccc(O)c3)CC2)cc1. The first-order valence-corrected chi connectivity index (χ1v) is 10.0. The average molecular weight is 374 g/mol. The van der Waals surface area contributed by atoms with Crippen LogP contribution in [0.3, 0.4) is 0 Å². The highest BCUT2D eigenvalue weighted by Crippen LogP contribution is 2.19. The first-order valence-electron chi connectivity index (χ1n) is 8.52. The zero-order valence-electron chi connectivity index (χ0n) is 14.6. The van der Waals surface area contributed by atoms with Crippen molar-refractivity contribution >= 4 is 15.9 Å². The Morgan fingerprint density at radius 2 is 1.77 bits per heavy atom. The fraction of sp³-hybridized carbons (Fsp3) is 0.316. The predicted octanol–water partition coefficient (Wildman–Crippen LogP) is 2.28. The maximum atomic E-state index is 12.5. The molecule has 0 aliphatic carbocycles. The van der Waals surface area contributed by atoms with Crippen LogP contribution in [0.1, 0.15) is 28.8 Å². The molecule has 2 aromatic carbocycles. The van der Waals surface area contributed by atoms with E-state index in [1.807, 2.05) is 6.92 Å². The summed E-state index contributed by atoms with van der Waals surface area (Å²) in [5.41, 5.74) is 1.44. The molecule has 0 spiro atoms. The summed E-state index contributed by atoms with van der Waals surface area (Å²) in [5.74, 6) is -0.0997. The smallest absolute Gasteiger partial charge is 0.253 e. The molecule has 1 amide bonds. The molecular formula is C19H22N2O4S. The number of sulfonamides is 1. The molecule has 1 heterocycles. The van der Waals surface area contributed by atoms with Crippen LogP contribution in [-0.4, -0.2) is 43.5 Å². The lowest BCUT2D eigenvalue weighted by molar-refractivity contribution is 0.0711. The minimum Gasteiger partial charge on any atom is -0.508 e. The first kappa shape index (κ1) is 18.4. The number of hydrogen-bond donors (Lipinski definition) is 2. The highest BCUT2D eigenvalue weighted by molar-refractivity contribution is 7.89. The second-order valence-electron chi connectivity index (χ2n) is 6.55. The number of rotatable bonds is 4. The number of hydrogen-bond acceptors (Lipinski definition) is 4. The van der Waals surface area contributed by atoms with E-state index in [2.05, 4.69) is 4.72 Å². The summed E-state index contributed by atoms with van der Waals surface area (Å²) < 4.78 is 27.7. The molecule has 0 atom stereocenters. The summed E-state index contributed by atoms with van der Waals surface area (Å²) in [7, 11) is -3.56. The van der Waals surface area contributed by atoms with Crippen LogP contribution in [0.5, 0.6) is 5.75 Å². The number of likely N-dealkylation sites (tertiary alicyclic amines) is 1. The van der Waals surface area contributed by atoms with Gasteiger partial charge in [-0.15, -0.1) is 0 Å². The molecule has 0 aromatic heterocycles. The molecular weight excluding hydrogens is 352 g/mol. The third-order valence-electron chi connectivity index (χ3n) is 4.53. The van der Waals surface area contributed by atoms with Gasteiger partial charge in [0.2, 0.25) is 10.0 Å². The molecule has 2 N–H and O–H groups in total. The molecule has 1 fully saturated rings. The van der Waals surface area contributed by atoms with Gasteiger partial charge in [-0.3, -0.25) is 4.79 Å². The fourth-order valence-corrected chi connectivity index (χ4v) is 4.33. The monoisotopic (exact) mass is 374 g/mol. The van der Waals surface area contributed by atoms with Crippen molar-refractivity contribution in [3.05, 3.63) is 59.7 Å². The average Bonchev–Trinajstić information content (AvgIpc) is 2.62. The quantitative estimate of drug-likeness (QED) is 0.860. The van der Waals surface area contributed by atoms with Gasteiger partial charge >= 0.3 is 0 Å². The van der Waals surface area contributed by atoms with E-state index in [0.29, 0.717) is 31.5 Å². The van der Waals surface area contributed by atoms with Crippen LogP contribution in [0.4, 0.5) is 0 Å². The van der Waals surface area contributed by atoms with Gasteiger partial charge in [0, 0.05) is 24.7 Å². The van der Waals surface area contributed by atoms with Gasteiger partial charge in [0.15, 0.2) is 0 Å². The maximum Gasteiger partial charge on any atom is 0.253 e. The molecule has 0 unspecified atom stereocenters. The Morgan fingerprint density at radius 1 is 1.12 bits per heavy atom. The van der Waals surface area contributed by atoms with Crippen LogP contribution >= 0.6 is 0 Å². The molecule has 1 aliphatic heterocycles. The topological polar surface area (TPSA) is 86.7 Å². The van der Waals surface area contributed by atoms with Crippen LogP contribution in [0.25, 0.3) is 0 Å². The summed E-state index contributed by atoms with van der Waals surface area (Å²) in [5, 5.41) is 9.51. The van der Waals surface area contributed by atoms with Crippen molar-refractivity contribution in [3.63, 3.8) is 0 Å². The summed E-state index contributed by atoms with van der Waals surface area (Å²) in [6.07, 6.45) is 1.10. The normalized spacial score (nSPS) is 15.8. The van der Waals surface area contributed by atoms with Crippen molar-refractivity contribution in [2.24, 2.45) is 0 Å². The van der Waals surface area contributed by atoms with E-state index in [9.17, 15) is 18.3 Å². The Bertz CT molecular complexity index is 886. The van der Waals surface area contributed by atoms with E-state index in [1.165, 1.54) is 12.1 Å². The van der Waals surface area contributed by atoms with E-state index >= 15 is 0 Å². The number of piperidine rings is 1. The number of nitrogens with zero attached hydrogens (tertiary/aromatic N) is 1. The number of carbonyl (C=O) groups excluding carboxylic acids is 1. The predicted molar refractivity (Wildman–Crippen MR) is 98.5 cm³/mol. The lowest BCUT2D eigenvalue weighted by Gasteiger charge is -2.32. The molecule has 7 heteroatoms. The number of nitrogens with one attached hydrogen (secondary N) is 1. The number of aryl methyl sites for hydroxylation is 1. The Balaban J connectivity index is 1.60. The number of phenols is 1. The van der Waals surface area contributed by atoms with Gasteiger partial charge < -0.3 is 10.0 Å². The summed E-state index contributed by atoms with van der Waals surface area (Å²) in [4.78, 5) is 14.4. The lowest BCUT2D eigenvalue weighted by atomic mass is 10.0. The van der Waals surface area contributed by atoms with Crippen molar-refractivity contribution in [2.75, 3.05) is 13.1 Å². The van der Waals surface area contributed by atoms with Gasteiger partial charge in [0.1, 0.15) is 5.75 Å². The molecule has 1 saturated heterocycles. The molecule has 138 valence electrons. The number of amides is 1. The van der Waals surface area contributed by atoms with Gasteiger partial charge in [-0.2, -0.15) is 0 Å². The van der Waals surface area contributed by atoms with Crippen LogP contribution in [0.2, 0.25) is 0 Å². The van der Waals surface area contributed by atoms with E-state index in [4.69, 9.17) is 0 Å². The lowest BCUT2D eigenvalue weighted by Crippen LogP contribution is -2.46. The van der Waals surface area contributed by atoms with Crippen molar-refractivity contribution in [1.29, 1.82) is 0 Å². The van der Waals surface area contributed by atoms with Gasteiger partial charge in [-0.25, -0.2) is 13.1 Å². The molecule has 0 radical (unpaired) electrons. The summed E-state index contributed by atoms with van der Waals surface area (Å²) in [6.45, 7) is 2.84. The molecule has 0 saturated carbocycles. The Kier molecular flexibility index (Phi) is 5.29. The molecule has 3 rings (SSSR count). The largest absolute Gasteiger partial charge is 0.508 e. The maximum absolute atomic E-state index is 12.5. The van der Waals surface area contributed by atoms with E-state index < -0.39 is 10.0 Å². The van der Waals surface area contributed by atoms with Gasteiger partial charge in [-0.05, 0) is 50.1 Å². The molecule has 26 heavy (non-hydrogen) atoms. The third-order valence-corrected chi connectivity index (χ3v) is 6.06. The van der Waals surface area contributed by atoms with Crippen LogP contribution in [0.15, 0.2) is 53.4 Å². The van der Waals surface area contributed by atoms with Gasteiger partial charge in [-0.1, -0.05) is 23.8 Å². The molecule has 6 nitrogen and oxygen atoms in total. The highest BCUT2D eigenvalue weighted by Gasteiger charge is 2.27. The summed E-state index contributed by atoms with van der Waals surface area (Å²) in [6, 6.07) is 12.8. The number of aromatic hydroxyl groups is 1. The van der Waals surface area contributed by atoms with E-state index in [0.717, 1.165) is 5.56 Å². The zero-order chi connectivity index (χ0) is 18.7. The van der Waals surface area contributed by atoms with Crippen molar-refractivity contribution in [2.45, 2.75) is 30.7 Å². The molecule has 1 aliphatic rings. The minimum atomic E-state index is -3.56. The summed E-state index contributed by atoms with van der Waals surface area (Å²) >= 11 is 0. The number of phenolic OH excluding ortho intramolecular Hbond substituents is 1. The zero-order valence-corrected chi connectivity index (χ0v) is 15.4. The Hall–Kier alpha value is -2.38. The second kappa shape index (κ2) is 7.47. The van der Waals surface area contributed by atoms with E-state index in [-0.39, 0.29) is 22.6 Å². The van der Waals surface area contributed by atoms with Gasteiger partial charge in [0.05, 0.1) is 4.90 Å². The standard InChI is InChI=1S/C19H22N2O4S/c1-14-5-7-18(8-6-14)26(24,25)20-16-9-11-21(12-10-16)19(23)15-3-2-4-17(22)13-15/h2-8,13,16,20,22H,9-12H2,1H3. The van der Waals surface area contributed by atoms with Crippen LogP contribution < -0.4 is 4.72 Å². The minimum absolute atomic E-state index is 0.0524. The van der Waals surface area contributed by atoms with Crippen molar-refractivity contribution < 1.29 is 18.3 Å². The molecule has 0 bridgehead atoms. The fourth-order valence-electron chi connectivity index (χ4n) is 3.03. The Morgan fingerprint density at radius 3 is 2.38 bits per heavy atom. The van der Waals surface area contributed by atoms with E-state index in [1.54, 1.807) is 41.3 Å². The molecule has 2 aromatic rings. The van der Waals surface area contributed by atoms with Crippen LogP contribution in [-0.2, 0) is 10.0 Å². The second-order valence-corrected chi connectivity index (χ2v) is 8.27. The third kappa shape index (κ3) is 4.23. The first-order chi connectivity index (χ1) is 12.3. The van der Waals surface area contributed by atoms with Crippen molar-refractivity contribution in [1.82, 2.24) is 9.62 Å². The van der Waals surface area contributed by atoms with Crippen molar-refractivity contribution in [3.8, 4) is 5.75 Å². The highest BCUT2D eigenvalue weighted by atomic mass is 32.2. The Labute approximate surface area is 153 Å². The van der Waals surface area contributed by atoms with Crippen LogP contribution in [0, 0.1) is 6.92 Å².